The third kappa shape index (κ3) is 3.27. The highest BCUT2D eigenvalue weighted by molar-refractivity contribution is 7.99. The van der Waals surface area contributed by atoms with Crippen LogP contribution in [0.5, 0.6) is 0 Å². The first-order valence-electron chi connectivity index (χ1n) is 7.16. The number of thioether (sulfide) groups is 1. The zero-order valence-corrected chi connectivity index (χ0v) is 13.4. The third-order valence-electron chi connectivity index (χ3n) is 3.90. The van der Waals surface area contributed by atoms with E-state index in [0.717, 1.165) is 18.3 Å². The molecule has 1 fully saturated rings. The predicted molar refractivity (Wildman–Crippen MR) is 87.4 cm³/mol. The molecule has 0 radical (unpaired) electrons. The molecule has 2 aromatic heterocycles. The normalized spacial score (nSPS) is 18.2. The van der Waals surface area contributed by atoms with E-state index in [1.807, 2.05) is 12.4 Å². The maximum Gasteiger partial charge on any atom is 0.131 e. The van der Waals surface area contributed by atoms with E-state index in [-0.39, 0.29) is 6.04 Å². The van der Waals surface area contributed by atoms with Crippen LogP contribution >= 0.6 is 23.1 Å². The van der Waals surface area contributed by atoms with Crippen LogP contribution in [0.1, 0.15) is 29.6 Å². The van der Waals surface area contributed by atoms with Crippen LogP contribution in [-0.2, 0) is 7.05 Å². The molecule has 1 unspecified atom stereocenters. The van der Waals surface area contributed by atoms with Crippen LogP contribution in [0.4, 0.5) is 0 Å². The molecule has 1 aliphatic rings. The van der Waals surface area contributed by atoms with E-state index in [2.05, 4.69) is 51.2 Å². The monoisotopic (exact) mass is 307 g/mol. The first kappa shape index (κ1) is 14.2. The van der Waals surface area contributed by atoms with E-state index in [4.69, 9.17) is 0 Å². The Morgan fingerprint density at radius 3 is 2.95 bits per heavy atom. The minimum absolute atomic E-state index is 0.226. The second kappa shape index (κ2) is 6.78. The molecule has 0 amide bonds. The maximum atomic E-state index is 4.54. The van der Waals surface area contributed by atoms with Gasteiger partial charge in [-0.15, -0.1) is 11.3 Å². The van der Waals surface area contributed by atoms with Crippen molar-refractivity contribution in [2.75, 3.05) is 18.1 Å². The Morgan fingerprint density at radius 2 is 2.30 bits per heavy atom. The number of aryl methyl sites for hydroxylation is 1. The van der Waals surface area contributed by atoms with Gasteiger partial charge in [-0.3, -0.25) is 0 Å². The Balaban J connectivity index is 1.71. The summed E-state index contributed by atoms with van der Waals surface area (Å²) in [5.74, 6) is 4.56. The highest BCUT2D eigenvalue weighted by Gasteiger charge is 2.21. The average molecular weight is 307 g/mol. The standard InChI is InChI=1S/C15H21N3S2/c1-18-7-6-16-15(18)14(13-3-2-8-20-13)17-11-12-4-9-19-10-5-12/h2-3,6-8,12,14,17H,4-5,9-11H2,1H3. The van der Waals surface area contributed by atoms with Crippen LogP contribution in [0.3, 0.4) is 0 Å². The summed E-state index contributed by atoms with van der Waals surface area (Å²) in [4.78, 5) is 5.89. The molecule has 5 heteroatoms. The van der Waals surface area contributed by atoms with Gasteiger partial charge in [0.15, 0.2) is 0 Å². The molecule has 3 nitrogen and oxygen atoms in total. The number of thiophene rings is 1. The topological polar surface area (TPSA) is 29.9 Å². The number of hydrogen-bond acceptors (Lipinski definition) is 4. The Labute approximate surface area is 128 Å². The molecule has 0 saturated carbocycles. The molecule has 0 spiro atoms. The lowest BCUT2D eigenvalue weighted by molar-refractivity contribution is 0.422. The molecule has 3 rings (SSSR count). The second-order valence-corrected chi connectivity index (χ2v) is 7.51. The molecule has 1 atom stereocenters. The van der Waals surface area contributed by atoms with Crippen molar-refractivity contribution in [1.29, 1.82) is 0 Å². The van der Waals surface area contributed by atoms with E-state index in [9.17, 15) is 0 Å². The lowest BCUT2D eigenvalue weighted by Gasteiger charge is -2.25. The first-order valence-corrected chi connectivity index (χ1v) is 9.20. The van der Waals surface area contributed by atoms with Gasteiger partial charge in [0, 0.05) is 24.3 Å². The summed E-state index contributed by atoms with van der Waals surface area (Å²) in [6, 6.07) is 4.55. The molecule has 0 aromatic carbocycles. The van der Waals surface area contributed by atoms with Crippen LogP contribution in [0.15, 0.2) is 29.9 Å². The molecule has 108 valence electrons. The van der Waals surface area contributed by atoms with E-state index >= 15 is 0 Å². The van der Waals surface area contributed by atoms with Gasteiger partial charge in [0.05, 0.1) is 0 Å². The minimum atomic E-state index is 0.226. The molecule has 3 heterocycles. The Hall–Kier alpha value is -0.780. The van der Waals surface area contributed by atoms with Crippen molar-refractivity contribution in [3.8, 4) is 0 Å². The van der Waals surface area contributed by atoms with Crippen LogP contribution in [0, 0.1) is 5.92 Å². The Kier molecular flexibility index (Phi) is 4.81. The number of nitrogens with zero attached hydrogens (tertiary/aromatic N) is 2. The lowest BCUT2D eigenvalue weighted by atomic mass is 10.0. The molecular formula is C15H21N3S2. The minimum Gasteiger partial charge on any atom is -0.336 e. The Bertz CT molecular complexity index is 515. The van der Waals surface area contributed by atoms with Gasteiger partial charge in [0.2, 0.25) is 0 Å². The van der Waals surface area contributed by atoms with Crippen molar-refractivity contribution in [2.24, 2.45) is 13.0 Å². The summed E-state index contributed by atoms with van der Waals surface area (Å²) >= 11 is 3.89. The lowest BCUT2D eigenvalue weighted by Crippen LogP contribution is -2.31. The van der Waals surface area contributed by atoms with Crippen molar-refractivity contribution >= 4 is 23.1 Å². The van der Waals surface area contributed by atoms with Crippen molar-refractivity contribution in [2.45, 2.75) is 18.9 Å². The Morgan fingerprint density at radius 1 is 1.45 bits per heavy atom. The highest BCUT2D eigenvalue weighted by atomic mass is 32.2. The summed E-state index contributed by atoms with van der Waals surface area (Å²) < 4.78 is 2.12. The largest absolute Gasteiger partial charge is 0.336 e. The van der Waals surface area contributed by atoms with Gasteiger partial charge >= 0.3 is 0 Å². The third-order valence-corrected chi connectivity index (χ3v) is 5.88. The van der Waals surface area contributed by atoms with Gasteiger partial charge in [0.1, 0.15) is 11.9 Å². The molecule has 1 N–H and O–H groups in total. The van der Waals surface area contributed by atoms with E-state index in [0.29, 0.717) is 0 Å². The summed E-state index contributed by atoms with van der Waals surface area (Å²) in [5, 5.41) is 5.90. The van der Waals surface area contributed by atoms with Crippen LogP contribution in [0.25, 0.3) is 0 Å². The molecule has 0 bridgehead atoms. The SMILES string of the molecule is Cn1ccnc1C(NCC1CCSCC1)c1cccs1. The van der Waals surface area contributed by atoms with Crippen molar-refractivity contribution in [1.82, 2.24) is 14.9 Å². The first-order chi connectivity index (χ1) is 9.84. The van der Waals surface area contributed by atoms with E-state index in [1.165, 1.54) is 29.2 Å². The summed E-state index contributed by atoms with van der Waals surface area (Å²) in [5.41, 5.74) is 0. The van der Waals surface area contributed by atoms with Crippen molar-refractivity contribution < 1.29 is 0 Å². The quantitative estimate of drug-likeness (QED) is 0.919. The van der Waals surface area contributed by atoms with Crippen molar-refractivity contribution in [3.05, 3.63) is 40.6 Å². The average Bonchev–Trinajstić information content (AvgIpc) is 3.13. The summed E-state index contributed by atoms with van der Waals surface area (Å²) in [6.45, 7) is 1.09. The molecule has 2 aromatic rings. The molecule has 1 saturated heterocycles. The van der Waals surface area contributed by atoms with Gasteiger partial charge in [0.25, 0.3) is 0 Å². The smallest absolute Gasteiger partial charge is 0.131 e. The molecule has 0 aliphatic carbocycles. The molecular weight excluding hydrogens is 286 g/mol. The van der Waals surface area contributed by atoms with Crippen LogP contribution in [-0.4, -0.2) is 27.6 Å². The molecule has 20 heavy (non-hydrogen) atoms. The van der Waals surface area contributed by atoms with Gasteiger partial charge in [-0.1, -0.05) is 6.07 Å². The highest BCUT2D eigenvalue weighted by Crippen LogP contribution is 2.27. The van der Waals surface area contributed by atoms with Gasteiger partial charge in [-0.2, -0.15) is 11.8 Å². The van der Waals surface area contributed by atoms with Crippen LogP contribution < -0.4 is 5.32 Å². The fraction of sp³-hybridized carbons (Fsp3) is 0.533. The number of hydrogen-bond donors (Lipinski definition) is 1. The van der Waals surface area contributed by atoms with Gasteiger partial charge < -0.3 is 9.88 Å². The van der Waals surface area contributed by atoms with Gasteiger partial charge in [-0.25, -0.2) is 4.98 Å². The number of nitrogens with one attached hydrogen (secondary N) is 1. The number of rotatable bonds is 5. The zero-order chi connectivity index (χ0) is 13.8. The summed E-state index contributed by atoms with van der Waals surface area (Å²) in [7, 11) is 2.07. The predicted octanol–water partition coefficient (Wildman–Crippen LogP) is 3.30. The number of aromatic nitrogens is 2. The van der Waals surface area contributed by atoms with E-state index < -0.39 is 0 Å². The fourth-order valence-corrected chi connectivity index (χ4v) is 4.67. The summed E-state index contributed by atoms with van der Waals surface area (Å²) in [6.07, 6.45) is 6.59. The van der Waals surface area contributed by atoms with Crippen molar-refractivity contribution in [3.63, 3.8) is 0 Å². The fourth-order valence-electron chi connectivity index (χ4n) is 2.66. The van der Waals surface area contributed by atoms with Crippen LogP contribution in [0.2, 0.25) is 0 Å². The number of imidazole rings is 1. The van der Waals surface area contributed by atoms with Gasteiger partial charge in [-0.05, 0) is 48.3 Å². The van der Waals surface area contributed by atoms with E-state index in [1.54, 1.807) is 11.3 Å². The molecule has 1 aliphatic heterocycles. The maximum absolute atomic E-state index is 4.54. The second-order valence-electron chi connectivity index (χ2n) is 5.31. The zero-order valence-electron chi connectivity index (χ0n) is 11.8.